The molecule has 2 aromatic rings. The number of aromatic nitrogens is 2. The molecular weight excluding hydrogens is 248 g/mol. The summed E-state index contributed by atoms with van der Waals surface area (Å²) < 4.78 is 0. The lowest BCUT2D eigenvalue weighted by molar-refractivity contribution is 0.237. The van der Waals surface area contributed by atoms with Crippen LogP contribution >= 0.6 is 0 Å². The summed E-state index contributed by atoms with van der Waals surface area (Å²) >= 11 is 0. The van der Waals surface area contributed by atoms with E-state index in [2.05, 4.69) is 44.5 Å². The van der Waals surface area contributed by atoms with Crippen LogP contribution in [0.1, 0.15) is 23.7 Å². The minimum atomic E-state index is 0.221. The highest BCUT2D eigenvalue weighted by Crippen LogP contribution is 2.27. The molecule has 0 amide bonds. The number of pyridine rings is 2. The first-order valence-electron chi connectivity index (χ1n) is 7.21. The monoisotopic (exact) mass is 268 g/mol. The van der Waals surface area contributed by atoms with E-state index in [4.69, 9.17) is 0 Å². The first-order chi connectivity index (χ1) is 9.95. The maximum atomic E-state index is 4.58. The molecular formula is C16H20N4. The maximum absolute atomic E-state index is 4.58. The van der Waals surface area contributed by atoms with E-state index in [1.807, 2.05) is 24.7 Å². The summed E-state index contributed by atoms with van der Waals surface area (Å²) in [7, 11) is 0. The highest BCUT2D eigenvalue weighted by Gasteiger charge is 2.23. The molecule has 0 aromatic carbocycles. The molecule has 0 bridgehead atoms. The number of nitrogens with one attached hydrogen (secondary N) is 1. The fraction of sp³-hybridized carbons (Fsp3) is 0.375. The second-order valence-electron chi connectivity index (χ2n) is 5.08. The van der Waals surface area contributed by atoms with Crippen LogP contribution in [0, 0.1) is 0 Å². The third-order valence-electron chi connectivity index (χ3n) is 3.73. The van der Waals surface area contributed by atoms with Gasteiger partial charge in [0.05, 0.1) is 11.7 Å². The molecule has 4 heteroatoms. The van der Waals surface area contributed by atoms with Gasteiger partial charge in [-0.25, -0.2) is 0 Å². The van der Waals surface area contributed by atoms with E-state index in [0.29, 0.717) is 0 Å². The molecule has 0 radical (unpaired) electrons. The van der Waals surface area contributed by atoms with Crippen molar-refractivity contribution in [3.8, 4) is 0 Å². The summed E-state index contributed by atoms with van der Waals surface area (Å²) in [6.07, 6.45) is 6.77. The molecule has 20 heavy (non-hydrogen) atoms. The van der Waals surface area contributed by atoms with Gasteiger partial charge in [-0.15, -0.1) is 0 Å². The van der Waals surface area contributed by atoms with Gasteiger partial charge in [-0.2, -0.15) is 0 Å². The Morgan fingerprint density at radius 1 is 1.00 bits per heavy atom. The van der Waals surface area contributed by atoms with Gasteiger partial charge in [0, 0.05) is 38.2 Å². The van der Waals surface area contributed by atoms with E-state index >= 15 is 0 Å². The summed E-state index contributed by atoms with van der Waals surface area (Å²) in [5.41, 5.74) is 2.38. The Hall–Kier alpha value is -1.78. The third kappa shape index (κ3) is 3.03. The van der Waals surface area contributed by atoms with E-state index < -0.39 is 0 Å². The molecule has 1 aliphatic rings. The third-order valence-corrected chi connectivity index (χ3v) is 3.73. The van der Waals surface area contributed by atoms with Crippen molar-refractivity contribution in [1.29, 1.82) is 0 Å². The second kappa shape index (κ2) is 6.59. The molecule has 0 spiro atoms. The maximum Gasteiger partial charge on any atom is 0.0777 e. The molecule has 1 N–H and O–H groups in total. The van der Waals surface area contributed by atoms with Crippen LogP contribution in [0.4, 0.5) is 0 Å². The van der Waals surface area contributed by atoms with Crippen molar-refractivity contribution < 1.29 is 0 Å². The first-order valence-corrected chi connectivity index (χ1v) is 7.21. The standard InChI is InChI=1S/C16H20N4/c1-2-8-19-15(4-1)16(14-5-9-18-10-6-14)20-12-3-7-17-11-13-20/h1-2,4-6,8-10,16-17H,3,7,11-13H2. The second-order valence-corrected chi connectivity index (χ2v) is 5.08. The van der Waals surface area contributed by atoms with Crippen LogP contribution in [0.5, 0.6) is 0 Å². The molecule has 1 unspecified atom stereocenters. The predicted octanol–water partition coefficient (Wildman–Crippen LogP) is 1.86. The minimum Gasteiger partial charge on any atom is -0.315 e. The largest absolute Gasteiger partial charge is 0.315 e. The Balaban J connectivity index is 1.95. The fourth-order valence-corrected chi connectivity index (χ4v) is 2.78. The number of hydrogen-bond donors (Lipinski definition) is 1. The van der Waals surface area contributed by atoms with Crippen molar-refractivity contribution in [2.24, 2.45) is 0 Å². The molecule has 4 nitrogen and oxygen atoms in total. The van der Waals surface area contributed by atoms with Crippen molar-refractivity contribution in [2.45, 2.75) is 12.5 Å². The van der Waals surface area contributed by atoms with Gasteiger partial charge in [0.25, 0.3) is 0 Å². The smallest absolute Gasteiger partial charge is 0.0777 e. The predicted molar refractivity (Wildman–Crippen MR) is 79.4 cm³/mol. The van der Waals surface area contributed by atoms with E-state index in [-0.39, 0.29) is 6.04 Å². The summed E-state index contributed by atoms with van der Waals surface area (Å²) in [6, 6.07) is 10.6. The van der Waals surface area contributed by atoms with Crippen LogP contribution in [0.15, 0.2) is 48.9 Å². The molecule has 0 aliphatic carbocycles. The highest BCUT2D eigenvalue weighted by molar-refractivity contribution is 5.26. The molecule has 1 atom stereocenters. The van der Waals surface area contributed by atoms with Gasteiger partial charge >= 0.3 is 0 Å². The Bertz CT molecular complexity index is 467. The van der Waals surface area contributed by atoms with E-state index in [9.17, 15) is 0 Å². The molecule has 1 aliphatic heterocycles. The van der Waals surface area contributed by atoms with Gasteiger partial charge in [0.2, 0.25) is 0 Å². The lowest BCUT2D eigenvalue weighted by atomic mass is 10.0. The molecule has 0 saturated carbocycles. The molecule has 1 fully saturated rings. The Morgan fingerprint density at radius 3 is 2.70 bits per heavy atom. The summed E-state index contributed by atoms with van der Waals surface area (Å²) in [6.45, 7) is 4.27. The average molecular weight is 268 g/mol. The highest BCUT2D eigenvalue weighted by atomic mass is 15.2. The first kappa shape index (κ1) is 13.2. The minimum absolute atomic E-state index is 0.221. The SMILES string of the molecule is c1ccc(C(c2ccncc2)N2CCCNCC2)nc1. The number of rotatable bonds is 3. The zero-order chi connectivity index (χ0) is 13.6. The summed E-state index contributed by atoms with van der Waals surface area (Å²) in [4.78, 5) is 11.2. The van der Waals surface area contributed by atoms with Gasteiger partial charge in [0.1, 0.15) is 0 Å². The van der Waals surface area contributed by atoms with Gasteiger partial charge in [-0.3, -0.25) is 14.9 Å². The zero-order valence-electron chi connectivity index (χ0n) is 11.6. The summed E-state index contributed by atoms with van der Waals surface area (Å²) in [5, 5.41) is 3.46. The van der Waals surface area contributed by atoms with Crippen LogP contribution in [-0.4, -0.2) is 41.0 Å². The van der Waals surface area contributed by atoms with Crippen LogP contribution < -0.4 is 5.32 Å². The zero-order valence-corrected chi connectivity index (χ0v) is 11.6. The topological polar surface area (TPSA) is 41.1 Å². The Kier molecular flexibility index (Phi) is 4.35. The van der Waals surface area contributed by atoms with Gasteiger partial charge < -0.3 is 5.32 Å². The fourth-order valence-electron chi connectivity index (χ4n) is 2.78. The Labute approximate surface area is 119 Å². The number of hydrogen-bond acceptors (Lipinski definition) is 4. The molecule has 3 rings (SSSR count). The molecule has 3 heterocycles. The molecule has 2 aromatic heterocycles. The van der Waals surface area contributed by atoms with Crippen molar-refractivity contribution in [1.82, 2.24) is 20.2 Å². The van der Waals surface area contributed by atoms with Crippen molar-refractivity contribution in [3.05, 3.63) is 60.2 Å². The lowest BCUT2D eigenvalue weighted by Crippen LogP contribution is -2.33. The van der Waals surface area contributed by atoms with Crippen LogP contribution in [0.25, 0.3) is 0 Å². The van der Waals surface area contributed by atoms with Crippen LogP contribution in [0.2, 0.25) is 0 Å². The average Bonchev–Trinajstić information content (AvgIpc) is 2.79. The van der Waals surface area contributed by atoms with Crippen molar-refractivity contribution in [2.75, 3.05) is 26.2 Å². The van der Waals surface area contributed by atoms with Crippen LogP contribution in [0.3, 0.4) is 0 Å². The van der Waals surface area contributed by atoms with Gasteiger partial charge in [-0.1, -0.05) is 6.07 Å². The molecule has 104 valence electrons. The molecule has 1 saturated heterocycles. The van der Waals surface area contributed by atoms with E-state index in [1.165, 1.54) is 12.0 Å². The van der Waals surface area contributed by atoms with Crippen molar-refractivity contribution in [3.63, 3.8) is 0 Å². The quantitative estimate of drug-likeness (QED) is 0.922. The van der Waals surface area contributed by atoms with E-state index in [1.54, 1.807) is 0 Å². The normalized spacial score (nSPS) is 18.4. The Morgan fingerprint density at radius 2 is 1.90 bits per heavy atom. The van der Waals surface area contributed by atoms with Crippen molar-refractivity contribution >= 4 is 0 Å². The van der Waals surface area contributed by atoms with Gasteiger partial charge in [-0.05, 0) is 42.8 Å². The summed E-state index contributed by atoms with van der Waals surface area (Å²) in [5.74, 6) is 0. The number of nitrogens with zero attached hydrogens (tertiary/aromatic N) is 3. The van der Waals surface area contributed by atoms with Crippen LogP contribution in [-0.2, 0) is 0 Å². The van der Waals surface area contributed by atoms with E-state index in [0.717, 1.165) is 31.9 Å². The van der Waals surface area contributed by atoms with Gasteiger partial charge in [0.15, 0.2) is 0 Å². The lowest BCUT2D eigenvalue weighted by Gasteiger charge is -2.30.